The molecule has 0 saturated carbocycles. The molecule has 19 heavy (non-hydrogen) atoms. The molecular formula is C17H26NO+. The average molecular weight is 260 g/mol. The Balaban J connectivity index is 2.71. The molecule has 2 heteroatoms. The van der Waals surface area contributed by atoms with Gasteiger partial charge in [-0.1, -0.05) is 36.3 Å². The standard InChI is InChI=1S/C17H25NO/c1-5-17(19-4,16-12-9-8-10-13-16)14-11-15-18(6-2)7-3/h1,8-10,12-13H,6-7,11,14-15H2,2-4H3/p+1/t17-/m1/s1. The number of hydrogen-bond donors (Lipinski definition) is 1. The third-order valence-corrected chi connectivity index (χ3v) is 3.88. The van der Waals surface area contributed by atoms with Crippen LogP contribution >= 0.6 is 0 Å². The first-order valence-electron chi connectivity index (χ1n) is 7.14. The summed E-state index contributed by atoms with van der Waals surface area (Å²) < 4.78 is 5.68. The fourth-order valence-electron chi connectivity index (χ4n) is 2.48. The van der Waals surface area contributed by atoms with E-state index >= 15 is 0 Å². The summed E-state index contributed by atoms with van der Waals surface area (Å²) in [5, 5.41) is 0. The van der Waals surface area contributed by atoms with Crippen molar-refractivity contribution in [3.8, 4) is 12.3 Å². The third-order valence-electron chi connectivity index (χ3n) is 3.88. The Labute approximate surface area is 117 Å². The minimum Gasteiger partial charge on any atom is -0.361 e. The smallest absolute Gasteiger partial charge is 0.153 e. The molecule has 0 unspecified atom stereocenters. The molecule has 0 amide bonds. The van der Waals surface area contributed by atoms with Gasteiger partial charge in [0, 0.05) is 13.5 Å². The van der Waals surface area contributed by atoms with Crippen molar-refractivity contribution in [3.63, 3.8) is 0 Å². The van der Waals surface area contributed by atoms with E-state index in [0.717, 1.165) is 38.0 Å². The van der Waals surface area contributed by atoms with Gasteiger partial charge in [-0.25, -0.2) is 0 Å². The molecule has 0 aliphatic heterocycles. The highest BCUT2D eigenvalue weighted by molar-refractivity contribution is 5.30. The predicted octanol–water partition coefficient (Wildman–Crippen LogP) is 1.87. The summed E-state index contributed by atoms with van der Waals surface area (Å²) in [6.45, 7) is 7.92. The summed E-state index contributed by atoms with van der Waals surface area (Å²) in [6, 6.07) is 10.1. The van der Waals surface area contributed by atoms with Crippen LogP contribution < -0.4 is 4.90 Å². The van der Waals surface area contributed by atoms with Crippen molar-refractivity contribution in [2.75, 3.05) is 26.7 Å². The van der Waals surface area contributed by atoms with E-state index in [1.807, 2.05) is 30.3 Å². The SMILES string of the molecule is C#C[C@](CCC[NH+](CC)CC)(OC)c1ccccc1. The monoisotopic (exact) mass is 260 g/mol. The highest BCUT2D eigenvalue weighted by atomic mass is 16.5. The molecule has 0 bridgehead atoms. The Morgan fingerprint density at radius 2 is 1.84 bits per heavy atom. The first-order chi connectivity index (χ1) is 9.22. The van der Waals surface area contributed by atoms with Gasteiger partial charge in [0.2, 0.25) is 0 Å². The predicted molar refractivity (Wildman–Crippen MR) is 80.1 cm³/mol. The zero-order chi connectivity index (χ0) is 14.1. The third kappa shape index (κ3) is 4.09. The van der Waals surface area contributed by atoms with Gasteiger partial charge in [-0.15, -0.1) is 6.42 Å². The van der Waals surface area contributed by atoms with Crippen molar-refractivity contribution in [3.05, 3.63) is 35.9 Å². The summed E-state index contributed by atoms with van der Waals surface area (Å²) in [6.07, 6.45) is 7.69. The van der Waals surface area contributed by atoms with Crippen LogP contribution in [0, 0.1) is 12.3 Å². The van der Waals surface area contributed by atoms with Crippen LogP contribution in [-0.2, 0) is 10.3 Å². The fraction of sp³-hybridized carbons (Fsp3) is 0.529. The molecular weight excluding hydrogens is 234 g/mol. The van der Waals surface area contributed by atoms with Gasteiger partial charge in [0.15, 0.2) is 5.60 Å². The van der Waals surface area contributed by atoms with Crippen molar-refractivity contribution >= 4 is 0 Å². The van der Waals surface area contributed by atoms with Crippen molar-refractivity contribution in [1.82, 2.24) is 0 Å². The fourth-order valence-corrected chi connectivity index (χ4v) is 2.48. The van der Waals surface area contributed by atoms with Crippen LogP contribution in [0.1, 0.15) is 32.3 Å². The first kappa shape index (κ1) is 15.8. The molecule has 0 radical (unpaired) electrons. The summed E-state index contributed by atoms with van der Waals surface area (Å²) in [5.41, 5.74) is 0.503. The summed E-state index contributed by atoms with van der Waals surface area (Å²) in [4.78, 5) is 1.61. The lowest BCUT2D eigenvalue weighted by atomic mass is 9.89. The second-order valence-electron chi connectivity index (χ2n) is 4.85. The number of terminal acetylenes is 1. The second kappa shape index (κ2) is 7.99. The van der Waals surface area contributed by atoms with Gasteiger partial charge in [0.05, 0.1) is 19.6 Å². The van der Waals surface area contributed by atoms with Crippen molar-refractivity contribution < 1.29 is 9.64 Å². The van der Waals surface area contributed by atoms with E-state index in [9.17, 15) is 0 Å². The molecule has 1 N–H and O–H groups in total. The maximum Gasteiger partial charge on any atom is 0.153 e. The molecule has 0 aromatic heterocycles. The molecule has 0 heterocycles. The van der Waals surface area contributed by atoms with Gasteiger partial charge >= 0.3 is 0 Å². The normalized spacial score (nSPS) is 14.1. The van der Waals surface area contributed by atoms with E-state index in [1.54, 1.807) is 12.0 Å². The van der Waals surface area contributed by atoms with Gasteiger partial charge in [0.25, 0.3) is 0 Å². The summed E-state index contributed by atoms with van der Waals surface area (Å²) >= 11 is 0. The number of hydrogen-bond acceptors (Lipinski definition) is 1. The largest absolute Gasteiger partial charge is 0.361 e. The molecule has 1 aromatic rings. The summed E-state index contributed by atoms with van der Waals surface area (Å²) in [7, 11) is 1.71. The molecule has 0 saturated heterocycles. The number of nitrogens with one attached hydrogen (secondary N) is 1. The van der Waals surface area contributed by atoms with Crippen LogP contribution in [-0.4, -0.2) is 26.7 Å². The van der Waals surface area contributed by atoms with Gasteiger partial charge in [-0.3, -0.25) is 0 Å². The Bertz CT molecular complexity index is 391. The van der Waals surface area contributed by atoms with E-state index in [0.29, 0.717) is 0 Å². The van der Waals surface area contributed by atoms with Crippen LogP contribution in [0.25, 0.3) is 0 Å². The number of benzene rings is 1. The van der Waals surface area contributed by atoms with E-state index in [4.69, 9.17) is 11.2 Å². The minimum absolute atomic E-state index is 0.576. The molecule has 0 aliphatic rings. The highest BCUT2D eigenvalue weighted by Gasteiger charge is 2.29. The van der Waals surface area contributed by atoms with Crippen LogP contribution in [0.2, 0.25) is 0 Å². The van der Waals surface area contributed by atoms with E-state index in [-0.39, 0.29) is 0 Å². The van der Waals surface area contributed by atoms with Gasteiger partial charge in [-0.05, 0) is 25.8 Å². The van der Waals surface area contributed by atoms with Crippen molar-refractivity contribution in [2.24, 2.45) is 0 Å². The topological polar surface area (TPSA) is 13.7 Å². The molecule has 0 fully saturated rings. The summed E-state index contributed by atoms with van der Waals surface area (Å²) in [5.74, 6) is 2.86. The van der Waals surface area contributed by atoms with Crippen LogP contribution in [0.15, 0.2) is 30.3 Å². The van der Waals surface area contributed by atoms with Gasteiger partial charge in [0.1, 0.15) is 0 Å². The Kier molecular flexibility index (Phi) is 6.62. The second-order valence-corrected chi connectivity index (χ2v) is 4.85. The molecule has 104 valence electrons. The average Bonchev–Trinajstić information content (AvgIpc) is 2.49. The maximum atomic E-state index is 5.75. The van der Waals surface area contributed by atoms with Gasteiger partial charge < -0.3 is 9.64 Å². The molecule has 1 aromatic carbocycles. The number of rotatable bonds is 8. The van der Waals surface area contributed by atoms with Crippen LogP contribution in [0.5, 0.6) is 0 Å². The van der Waals surface area contributed by atoms with Crippen molar-refractivity contribution in [1.29, 1.82) is 0 Å². The van der Waals surface area contributed by atoms with Crippen LogP contribution in [0.3, 0.4) is 0 Å². The lowest BCUT2D eigenvalue weighted by molar-refractivity contribution is -0.896. The Hall–Kier alpha value is -1.30. The maximum absolute atomic E-state index is 5.75. The lowest BCUT2D eigenvalue weighted by Crippen LogP contribution is -3.11. The Morgan fingerprint density at radius 3 is 2.32 bits per heavy atom. The zero-order valence-electron chi connectivity index (χ0n) is 12.4. The number of ether oxygens (including phenoxy) is 1. The minimum atomic E-state index is -0.576. The molecule has 0 spiro atoms. The van der Waals surface area contributed by atoms with E-state index in [1.165, 1.54) is 0 Å². The van der Waals surface area contributed by atoms with E-state index < -0.39 is 5.60 Å². The first-order valence-corrected chi connectivity index (χ1v) is 7.14. The number of quaternary nitrogens is 1. The van der Waals surface area contributed by atoms with Crippen molar-refractivity contribution in [2.45, 2.75) is 32.3 Å². The van der Waals surface area contributed by atoms with Crippen LogP contribution in [0.4, 0.5) is 0 Å². The quantitative estimate of drug-likeness (QED) is 0.705. The highest BCUT2D eigenvalue weighted by Crippen LogP contribution is 2.29. The van der Waals surface area contributed by atoms with Gasteiger partial charge in [-0.2, -0.15) is 0 Å². The number of methoxy groups -OCH3 is 1. The molecule has 0 aliphatic carbocycles. The molecule has 1 rings (SSSR count). The zero-order valence-corrected chi connectivity index (χ0v) is 12.4. The lowest BCUT2D eigenvalue weighted by Gasteiger charge is -2.28. The molecule has 1 atom stereocenters. The van der Waals surface area contributed by atoms with E-state index in [2.05, 4.69) is 19.8 Å². The Morgan fingerprint density at radius 1 is 1.21 bits per heavy atom. The molecule has 2 nitrogen and oxygen atoms in total.